The third kappa shape index (κ3) is 1.83. The van der Waals surface area contributed by atoms with Crippen molar-refractivity contribution in [2.75, 3.05) is 0 Å². The van der Waals surface area contributed by atoms with Crippen molar-refractivity contribution in [1.29, 1.82) is 0 Å². The molecule has 2 heteroatoms. The number of rotatable bonds is 0. The van der Waals surface area contributed by atoms with E-state index < -0.39 is 6.17 Å². The molecule has 0 aromatic rings. The Morgan fingerprint density at radius 1 is 0.952 bits per heavy atom. The lowest BCUT2D eigenvalue weighted by Gasteiger charge is -2.59. The monoisotopic (exact) mass is 292 g/mol. The lowest BCUT2D eigenvalue weighted by Crippen LogP contribution is -2.53. The zero-order chi connectivity index (χ0) is 14.8. The van der Waals surface area contributed by atoms with Crippen LogP contribution in [0.15, 0.2) is 0 Å². The van der Waals surface area contributed by atoms with E-state index in [-0.39, 0.29) is 5.41 Å². The molecule has 4 saturated carbocycles. The average molecular weight is 292 g/mol. The predicted octanol–water partition coefficient (Wildman–Crippen LogP) is 4.94. The summed E-state index contributed by atoms with van der Waals surface area (Å²) in [5, 5.41) is 0. The van der Waals surface area contributed by atoms with Crippen LogP contribution in [0, 0.1) is 34.5 Å². The van der Waals surface area contributed by atoms with Crippen molar-refractivity contribution in [3.8, 4) is 0 Å². The fourth-order valence-corrected chi connectivity index (χ4v) is 6.98. The van der Waals surface area contributed by atoms with E-state index in [0.29, 0.717) is 23.0 Å². The molecule has 0 radical (unpaired) electrons. The number of hydrogen-bond acceptors (Lipinski definition) is 1. The molecule has 0 aliphatic heterocycles. The summed E-state index contributed by atoms with van der Waals surface area (Å²) in [6.45, 7) is 4.69. The van der Waals surface area contributed by atoms with Crippen LogP contribution in [0.1, 0.15) is 71.6 Å². The first-order chi connectivity index (χ1) is 9.95. The van der Waals surface area contributed by atoms with Crippen LogP contribution in [0.25, 0.3) is 0 Å². The van der Waals surface area contributed by atoms with E-state index in [9.17, 15) is 9.18 Å². The van der Waals surface area contributed by atoms with Crippen molar-refractivity contribution in [2.24, 2.45) is 34.5 Å². The third-order valence-electron chi connectivity index (χ3n) is 8.37. The standard InChI is InChI=1S/C19H29FO/c1-18-9-7-13(21)11-12(18)3-4-14-15-5-6-17(20)19(15,2)10-8-16(14)18/h12,14-17H,3-11H2,1-2H3/t12-,14?,15?,16?,17+,18?,19?/m0/s1. The van der Waals surface area contributed by atoms with Gasteiger partial charge in [0.25, 0.3) is 0 Å². The van der Waals surface area contributed by atoms with Gasteiger partial charge in [-0.25, -0.2) is 4.39 Å². The first kappa shape index (κ1) is 14.2. The number of carbonyl (C=O) groups excluding carboxylic acids is 1. The molecule has 7 atom stereocenters. The number of halogens is 1. The molecule has 4 rings (SSSR count). The first-order valence-corrected chi connectivity index (χ1v) is 9.11. The summed E-state index contributed by atoms with van der Waals surface area (Å²) in [7, 11) is 0. The van der Waals surface area contributed by atoms with E-state index in [0.717, 1.165) is 50.4 Å². The van der Waals surface area contributed by atoms with Crippen LogP contribution in [0.5, 0.6) is 0 Å². The Bertz CT molecular complexity index is 460. The highest BCUT2D eigenvalue weighted by Gasteiger charge is 2.60. The summed E-state index contributed by atoms with van der Waals surface area (Å²) in [6.07, 6.45) is 8.81. The van der Waals surface area contributed by atoms with Gasteiger partial charge >= 0.3 is 0 Å². The maximum Gasteiger partial charge on any atom is 0.133 e. The Balaban J connectivity index is 1.64. The van der Waals surface area contributed by atoms with Crippen LogP contribution in [-0.4, -0.2) is 12.0 Å². The Hall–Kier alpha value is -0.400. The minimum atomic E-state index is -0.568. The zero-order valence-electron chi connectivity index (χ0n) is 13.5. The quantitative estimate of drug-likeness (QED) is 0.618. The first-order valence-electron chi connectivity index (χ1n) is 9.11. The average Bonchev–Trinajstić information content (AvgIpc) is 2.76. The predicted molar refractivity (Wildman–Crippen MR) is 81.6 cm³/mol. The second-order valence-electron chi connectivity index (χ2n) is 8.99. The van der Waals surface area contributed by atoms with Crippen LogP contribution in [0.2, 0.25) is 0 Å². The van der Waals surface area contributed by atoms with E-state index in [1.807, 2.05) is 0 Å². The van der Waals surface area contributed by atoms with Crippen molar-refractivity contribution in [3.05, 3.63) is 0 Å². The van der Waals surface area contributed by atoms with E-state index in [4.69, 9.17) is 0 Å². The number of hydrogen-bond donors (Lipinski definition) is 0. The second kappa shape index (κ2) is 4.55. The van der Waals surface area contributed by atoms with Gasteiger partial charge < -0.3 is 0 Å². The zero-order valence-corrected chi connectivity index (χ0v) is 13.5. The fraction of sp³-hybridized carbons (Fsp3) is 0.947. The van der Waals surface area contributed by atoms with Gasteiger partial charge in [-0.3, -0.25) is 4.79 Å². The maximum absolute atomic E-state index is 14.4. The molecule has 118 valence electrons. The van der Waals surface area contributed by atoms with Gasteiger partial charge in [-0.15, -0.1) is 0 Å². The molecule has 0 saturated heterocycles. The van der Waals surface area contributed by atoms with E-state index in [2.05, 4.69) is 13.8 Å². The van der Waals surface area contributed by atoms with Crippen molar-refractivity contribution >= 4 is 5.78 Å². The topological polar surface area (TPSA) is 17.1 Å². The molecule has 4 aliphatic carbocycles. The SMILES string of the molecule is CC12CCC(=O)C[C@@H]1CCC1C2CCC2(C)C1CC[C@H]2F. The fourth-order valence-electron chi connectivity index (χ4n) is 6.98. The van der Waals surface area contributed by atoms with Gasteiger partial charge in [0.2, 0.25) is 0 Å². The van der Waals surface area contributed by atoms with Crippen molar-refractivity contribution in [2.45, 2.75) is 77.8 Å². The lowest BCUT2D eigenvalue weighted by molar-refractivity contribution is -0.139. The molecule has 0 aromatic heterocycles. The summed E-state index contributed by atoms with van der Waals surface area (Å²) in [6, 6.07) is 0. The smallest absolute Gasteiger partial charge is 0.133 e. The molecule has 0 heterocycles. The highest BCUT2D eigenvalue weighted by Crippen LogP contribution is 2.66. The Morgan fingerprint density at radius 2 is 1.71 bits per heavy atom. The van der Waals surface area contributed by atoms with Crippen molar-refractivity contribution in [3.63, 3.8) is 0 Å². The molecule has 5 unspecified atom stereocenters. The van der Waals surface area contributed by atoms with Gasteiger partial charge in [0.05, 0.1) is 0 Å². The molecule has 0 N–H and O–H groups in total. The molecule has 0 spiro atoms. The normalized spacial score (nSPS) is 56.5. The van der Waals surface area contributed by atoms with E-state index >= 15 is 0 Å². The highest BCUT2D eigenvalue weighted by atomic mass is 19.1. The van der Waals surface area contributed by atoms with Crippen LogP contribution < -0.4 is 0 Å². The Kier molecular flexibility index (Phi) is 3.08. The number of ketones is 1. The van der Waals surface area contributed by atoms with Gasteiger partial charge in [-0.2, -0.15) is 0 Å². The van der Waals surface area contributed by atoms with Gasteiger partial charge in [-0.05, 0) is 74.0 Å². The van der Waals surface area contributed by atoms with Crippen LogP contribution in [0.4, 0.5) is 4.39 Å². The number of carbonyl (C=O) groups is 1. The molecule has 21 heavy (non-hydrogen) atoms. The molecule has 1 nitrogen and oxygen atoms in total. The van der Waals surface area contributed by atoms with E-state index in [1.54, 1.807) is 0 Å². The molecule has 0 aromatic carbocycles. The largest absolute Gasteiger partial charge is 0.300 e. The summed E-state index contributed by atoms with van der Waals surface area (Å²) >= 11 is 0. The van der Waals surface area contributed by atoms with Gasteiger partial charge in [0.15, 0.2) is 0 Å². The Labute approximate surface area is 128 Å². The minimum absolute atomic E-state index is 0.0329. The van der Waals surface area contributed by atoms with Crippen LogP contribution >= 0.6 is 0 Å². The second-order valence-corrected chi connectivity index (χ2v) is 8.99. The molecule has 0 bridgehead atoms. The van der Waals surface area contributed by atoms with E-state index in [1.165, 1.54) is 19.3 Å². The summed E-state index contributed by atoms with van der Waals surface area (Å²) in [4.78, 5) is 11.8. The number of alkyl halides is 1. The number of fused-ring (bicyclic) bond motifs is 5. The van der Waals surface area contributed by atoms with Crippen LogP contribution in [0.3, 0.4) is 0 Å². The number of Topliss-reactive ketones (excluding diaryl/α,β-unsaturated/α-hetero) is 1. The molecular weight excluding hydrogens is 263 g/mol. The third-order valence-corrected chi connectivity index (χ3v) is 8.37. The Morgan fingerprint density at radius 3 is 2.52 bits per heavy atom. The highest BCUT2D eigenvalue weighted by molar-refractivity contribution is 5.79. The molecule has 4 fully saturated rings. The summed E-state index contributed by atoms with van der Waals surface area (Å²) < 4.78 is 14.4. The van der Waals surface area contributed by atoms with Crippen molar-refractivity contribution < 1.29 is 9.18 Å². The molecule has 4 aliphatic rings. The van der Waals surface area contributed by atoms with Gasteiger partial charge in [0, 0.05) is 18.3 Å². The summed E-state index contributed by atoms with van der Waals surface area (Å²) in [5.41, 5.74) is 0.335. The molecular formula is C19H29FO. The maximum atomic E-state index is 14.4. The van der Waals surface area contributed by atoms with Crippen LogP contribution in [-0.2, 0) is 4.79 Å². The van der Waals surface area contributed by atoms with Gasteiger partial charge in [-0.1, -0.05) is 13.8 Å². The van der Waals surface area contributed by atoms with Gasteiger partial charge in [0.1, 0.15) is 12.0 Å². The minimum Gasteiger partial charge on any atom is -0.300 e. The van der Waals surface area contributed by atoms with Crippen molar-refractivity contribution in [1.82, 2.24) is 0 Å². The summed E-state index contributed by atoms with van der Waals surface area (Å²) in [5.74, 6) is 3.21. The lowest BCUT2D eigenvalue weighted by atomic mass is 9.45. The molecule has 0 amide bonds.